The van der Waals surface area contributed by atoms with E-state index in [1.54, 1.807) is 0 Å². The molecule has 1 aliphatic rings. The summed E-state index contributed by atoms with van der Waals surface area (Å²) in [5.41, 5.74) is 15.4. The van der Waals surface area contributed by atoms with Crippen molar-refractivity contribution in [2.24, 2.45) is 0 Å². The smallest absolute Gasteiger partial charge is 0.136 e. The maximum Gasteiger partial charge on any atom is 0.136 e. The highest BCUT2D eigenvalue weighted by atomic mass is 16.3. The van der Waals surface area contributed by atoms with Crippen LogP contribution in [0.1, 0.15) is 22.3 Å². The second kappa shape index (κ2) is 7.20. The quantitative estimate of drug-likeness (QED) is 0.263. The van der Waals surface area contributed by atoms with E-state index < -0.39 is 0 Å². The van der Waals surface area contributed by atoms with Gasteiger partial charge in [0, 0.05) is 10.8 Å². The van der Waals surface area contributed by atoms with Crippen molar-refractivity contribution >= 4 is 21.9 Å². The molecule has 34 heavy (non-hydrogen) atoms. The molecular weight excluding hydrogens is 412 g/mol. The van der Waals surface area contributed by atoms with E-state index in [1.165, 1.54) is 66.4 Å². The average Bonchev–Trinajstić information content (AvgIpc) is 3.43. The number of benzene rings is 5. The van der Waals surface area contributed by atoms with E-state index in [2.05, 4.69) is 105 Å². The van der Waals surface area contributed by atoms with Crippen LogP contribution in [0.2, 0.25) is 0 Å². The Kier molecular flexibility index (Phi) is 4.10. The minimum absolute atomic E-state index is 0.936. The SMILES string of the molecule is Cc1cc2c(c(-c3ccccc3-c3cccc4oc5ccccc5c34)c1C)Cc1ccccc1-2. The van der Waals surface area contributed by atoms with Gasteiger partial charge in [-0.1, -0.05) is 84.9 Å². The van der Waals surface area contributed by atoms with Gasteiger partial charge in [0.2, 0.25) is 0 Å². The third kappa shape index (κ3) is 2.67. The summed E-state index contributed by atoms with van der Waals surface area (Å²) in [6.07, 6.45) is 0.981. The topological polar surface area (TPSA) is 13.1 Å². The fourth-order valence-corrected chi connectivity index (χ4v) is 5.82. The first-order valence-corrected chi connectivity index (χ1v) is 11.9. The molecule has 5 aromatic carbocycles. The monoisotopic (exact) mass is 436 g/mol. The third-order valence-corrected chi connectivity index (χ3v) is 7.52. The molecule has 0 spiro atoms. The van der Waals surface area contributed by atoms with Gasteiger partial charge in [-0.3, -0.25) is 0 Å². The van der Waals surface area contributed by atoms with Gasteiger partial charge in [-0.25, -0.2) is 0 Å². The molecule has 1 heterocycles. The number of aryl methyl sites for hydroxylation is 1. The van der Waals surface area contributed by atoms with Crippen LogP contribution < -0.4 is 0 Å². The van der Waals surface area contributed by atoms with Crippen LogP contribution >= 0.6 is 0 Å². The number of hydrogen-bond donors (Lipinski definition) is 0. The standard InChI is InChI=1S/C33H24O/c1-20-18-28-23-11-4-3-10-22(23)19-29(28)32(21(20)2)25-13-6-5-12-24(25)26-15-9-17-31-33(26)27-14-7-8-16-30(27)34-31/h3-18H,19H2,1-2H3. The number of para-hydroxylation sites is 1. The first-order chi connectivity index (χ1) is 16.7. The number of hydrogen-bond acceptors (Lipinski definition) is 1. The molecule has 1 aromatic heterocycles. The lowest BCUT2D eigenvalue weighted by atomic mass is 9.84. The van der Waals surface area contributed by atoms with Gasteiger partial charge in [0.05, 0.1) is 0 Å². The molecular formula is C33H24O. The molecule has 0 saturated heterocycles. The van der Waals surface area contributed by atoms with Gasteiger partial charge in [-0.15, -0.1) is 0 Å². The zero-order chi connectivity index (χ0) is 22.8. The maximum absolute atomic E-state index is 6.22. The Morgan fingerprint density at radius 2 is 1.26 bits per heavy atom. The van der Waals surface area contributed by atoms with Crippen molar-refractivity contribution in [3.8, 4) is 33.4 Å². The average molecular weight is 437 g/mol. The van der Waals surface area contributed by atoms with Gasteiger partial charge in [-0.05, 0) is 88.0 Å². The summed E-state index contributed by atoms with van der Waals surface area (Å²) in [5.74, 6) is 0. The molecule has 162 valence electrons. The molecule has 0 atom stereocenters. The fourth-order valence-electron chi connectivity index (χ4n) is 5.82. The molecule has 0 saturated carbocycles. The van der Waals surface area contributed by atoms with Gasteiger partial charge < -0.3 is 4.42 Å². The summed E-state index contributed by atoms with van der Waals surface area (Å²) >= 11 is 0. The Morgan fingerprint density at radius 1 is 0.588 bits per heavy atom. The summed E-state index contributed by atoms with van der Waals surface area (Å²) < 4.78 is 6.22. The highest BCUT2D eigenvalue weighted by Crippen LogP contribution is 2.47. The van der Waals surface area contributed by atoms with Crippen LogP contribution in [-0.2, 0) is 6.42 Å². The fraction of sp³-hybridized carbons (Fsp3) is 0.0909. The number of rotatable bonds is 2. The summed E-state index contributed by atoms with van der Waals surface area (Å²) in [6, 6.07) is 34.9. The van der Waals surface area contributed by atoms with Crippen molar-refractivity contribution in [1.29, 1.82) is 0 Å². The van der Waals surface area contributed by atoms with Crippen molar-refractivity contribution in [3.63, 3.8) is 0 Å². The molecule has 7 rings (SSSR count). The Labute approximate surface area is 199 Å². The third-order valence-electron chi connectivity index (χ3n) is 7.52. The van der Waals surface area contributed by atoms with Crippen LogP contribution in [-0.4, -0.2) is 0 Å². The summed E-state index contributed by atoms with van der Waals surface area (Å²) in [5, 5.41) is 2.36. The second-order valence-electron chi connectivity index (χ2n) is 9.38. The van der Waals surface area contributed by atoms with Crippen LogP contribution in [0.3, 0.4) is 0 Å². The van der Waals surface area contributed by atoms with Gasteiger partial charge in [0.15, 0.2) is 0 Å². The molecule has 0 amide bonds. The lowest BCUT2D eigenvalue weighted by Crippen LogP contribution is -1.97. The molecule has 0 fully saturated rings. The molecule has 1 nitrogen and oxygen atoms in total. The Bertz CT molecular complexity index is 1750. The normalized spacial score (nSPS) is 12.3. The van der Waals surface area contributed by atoms with Crippen molar-refractivity contribution in [2.45, 2.75) is 20.3 Å². The van der Waals surface area contributed by atoms with Crippen LogP contribution in [0.5, 0.6) is 0 Å². The minimum Gasteiger partial charge on any atom is -0.456 e. The Morgan fingerprint density at radius 3 is 2.15 bits per heavy atom. The van der Waals surface area contributed by atoms with Crippen LogP contribution in [0, 0.1) is 13.8 Å². The molecule has 1 heteroatoms. The van der Waals surface area contributed by atoms with E-state index in [4.69, 9.17) is 4.42 Å². The van der Waals surface area contributed by atoms with E-state index in [1.807, 2.05) is 6.07 Å². The van der Waals surface area contributed by atoms with Crippen molar-refractivity contribution in [3.05, 3.63) is 119 Å². The molecule has 1 aliphatic carbocycles. The van der Waals surface area contributed by atoms with E-state index in [0.717, 1.165) is 17.6 Å². The van der Waals surface area contributed by atoms with Crippen molar-refractivity contribution in [1.82, 2.24) is 0 Å². The van der Waals surface area contributed by atoms with Crippen molar-refractivity contribution in [2.75, 3.05) is 0 Å². The largest absolute Gasteiger partial charge is 0.456 e. The highest BCUT2D eigenvalue weighted by molar-refractivity contribution is 6.13. The lowest BCUT2D eigenvalue weighted by Gasteiger charge is -2.19. The van der Waals surface area contributed by atoms with Gasteiger partial charge in [0.25, 0.3) is 0 Å². The van der Waals surface area contributed by atoms with Crippen LogP contribution in [0.25, 0.3) is 55.3 Å². The lowest BCUT2D eigenvalue weighted by molar-refractivity contribution is 0.669. The molecule has 0 aliphatic heterocycles. The highest BCUT2D eigenvalue weighted by Gasteiger charge is 2.25. The molecule has 0 N–H and O–H groups in total. The summed E-state index contributed by atoms with van der Waals surface area (Å²) in [6.45, 7) is 4.52. The number of fused-ring (bicyclic) bond motifs is 6. The zero-order valence-corrected chi connectivity index (χ0v) is 19.4. The molecule has 6 aromatic rings. The van der Waals surface area contributed by atoms with Gasteiger partial charge in [-0.2, -0.15) is 0 Å². The van der Waals surface area contributed by atoms with Crippen LogP contribution in [0.4, 0.5) is 0 Å². The van der Waals surface area contributed by atoms with E-state index in [0.29, 0.717) is 0 Å². The predicted octanol–water partition coefficient (Wildman–Crippen LogP) is 9.11. The van der Waals surface area contributed by atoms with E-state index in [9.17, 15) is 0 Å². The van der Waals surface area contributed by atoms with E-state index in [-0.39, 0.29) is 0 Å². The minimum atomic E-state index is 0.936. The number of furan rings is 1. The van der Waals surface area contributed by atoms with Crippen molar-refractivity contribution < 1.29 is 4.42 Å². The Balaban J connectivity index is 1.55. The molecule has 0 unspecified atom stereocenters. The maximum atomic E-state index is 6.22. The summed E-state index contributed by atoms with van der Waals surface area (Å²) in [7, 11) is 0. The first-order valence-electron chi connectivity index (χ1n) is 11.9. The van der Waals surface area contributed by atoms with E-state index >= 15 is 0 Å². The molecule has 0 radical (unpaired) electrons. The first kappa shape index (κ1) is 19.4. The van der Waals surface area contributed by atoms with Crippen LogP contribution in [0.15, 0.2) is 101 Å². The zero-order valence-electron chi connectivity index (χ0n) is 19.4. The predicted molar refractivity (Wildman–Crippen MR) is 142 cm³/mol. The van der Waals surface area contributed by atoms with Gasteiger partial charge in [0.1, 0.15) is 11.2 Å². The van der Waals surface area contributed by atoms with Gasteiger partial charge >= 0.3 is 0 Å². The Hall–Kier alpha value is -4.10. The second-order valence-corrected chi connectivity index (χ2v) is 9.38. The molecule has 0 bridgehead atoms. The summed E-state index contributed by atoms with van der Waals surface area (Å²) in [4.78, 5) is 0.